The largest absolute Gasteiger partial charge is 0.303 e. The van der Waals surface area contributed by atoms with Gasteiger partial charge in [-0.15, -0.1) is 0 Å². The van der Waals surface area contributed by atoms with Gasteiger partial charge in [0.15, 0.2) is 0 Å². The van der Waals surface area contributed by atoms with Crippen LogP contribution in [0.5, 0.6) is 0 Å². The summed E-state index contributed by atoms with van der Waals surface area (Å²) in [5.74, 6) is 0. The number of rotatable bonds is 6. The summed E-state index contributed by atoms with van der Waals surface area (Å²) in [6, 6.07) is 0. The van der Waals surface area contributed by atoms with Crippen LogP contribution in [0.2, 0.25) is 0 Å². The zero-order chi connectivity index (χ0) is 8.74. The summed E-state index contributed by atoms with van der Waals surface area (Å²) in [6.07, 6.45) is 6.45. The fourth-order valence-electron chi connectivity index (χ4n) is 1.22. The highest BCUT2D eigenvalue weighted by Gasteiger charge is 2.18. The van der Waals surface area contributed by atoms with Gasteiger partial charge in [-0.3, -0.25) is 0 Å². The van der Waals surface area contributed by atoms with Gasteiger partial charge in [-0.1, -0.05) is 33.6 Å². The molecule has 0 rings (SSSR count). The molecular weight excluding hydrogens is 136 g/mol. The molecule has 0 aromatic carbocycles. The van der Waals surface area contributed by atoms with Gasteiger partial charge in [0.2, 0.25) is 0 Å². The van der Waals surface area contributed by atoms with Crippen molar-refractivity contribution in [3.8, 4) is 0 Å². The highest BCUT2D eigenvalue weighted by molar-refractivity contribution is 5.48. The van der Waals surface area contributed by atoms with Gasteiger partial charge in [-0.2, -0.15) is 0 Å². The molecule has 0 aliphatic heterocycles. The molecule has 11 heavy (non-hydrogen) atoms. The van der Waals surface area contributed by atoms with Crippen LogP contribution in [-0.4, -0.2) is 6.29 Å². The molecular formula is C10H20O. The molecule has 0 heterocycles. The molecule has 0 radical (unpaired) electrons. The van der Waals surface area contributed by atoms with Crippen molar-refractivity contribution in [1.29, 1.82) is 0 Å². The predicted octanol–water partition coefficient (Wildman–Crippen LogP) is 3.18. The van der Waals surface area contributed by atoms with Crippen LogP contribution in [0.15, 0.2) is 0 Å². The lowest BCUT2D eigenvalue weighted by Gasteiger charge is -2.25. The van der Waals surface area contributed by atoms with E-state index in [0.29, 0.717) is 5.41 Å². The van der Waals surface area contributed by atoms with Crippen LogP contribution in [0.25, 0.3) is 0 Å². The Morgan fingerprint density at radius 2 is 1.82 bits per heavy atom. The van der Waals surface area contributed by atoms with Crippen molar-refractivity contribution in [3.05, 3.63) is 0 Å². The first-order valence-corrected chi connectivity index (χ1v) is 4.62. The maximum absolute atomic E-state index is 10.1. The summed E-state index contributed by atoms with van der Waals surface area (Å²) < 4.78 is 0. The zero-order valence-corrected chi connectivity index (χ0v) is 8.02. The number of hydrogen-bond acceptors (Lipinski definition) is 1. The number of unbranched alkanes of at least 4 members (excludes halogenated alkanes) is 1. The van der Waals surface area contributed by atoms with Gasteiger partial charge >= 0.3 is 0 Å². The Labute approximate surface area is 70.2 Å². The highest BCUT2D eigenvalue weighted by atomic mass is 16.1. The fourth-order valence-corrected chi connectivity index (χ4v) is 1.22. The Morgan fingerprint density at radius 1 is 1.27 bits per heavy atom. The normalized spacial score (nSPS) is 11.5. The number of hydrogen-bond donors (Lipinski definition) is 0. The van der Waals surface area contributed by atoms with Crippen LogP contribution in [0.4, 0.5) is 0 Å². The van der Waals surface area contributed by atoms with E-state index >= 15 is 0 Å². The Morgan fingerprint density at radius 3 is 2.18 bits per heavy atom. The number of carbonyl (C=O) groups is 1. The van der Waals surface area contributed by atoms with Crippen molar-refractivity contribution in [2.75, 3.05) is 0 Å². The maximum Gasteiger partial charge on any atom is 0.119 e. The smallest absolute Gasteiger partial charge is 0.119 e. The molecule has 0 aromatic heterocycles. The second-order valence-electron chi connectivity index (χ2n) is 3.58. The van der Waals surface area contributed by atoms with Crippen molar-refractivity contribution < 1.29 is 4.79 Å². The third-order valence-electron chi connectivity index (χ3n) is 2.81. The Kier molecular flexibility index (Phi) is 5.18. The molecule has 0 N–H and O–H groups in total. The molecule has 0 saturated carbocycles. The molecule has 0 atom stereocenters. The SMILES string of the molecule is CCC(C)(CC)CCCC=O. The summed E-state index contributed by atoms with van der Waals surface area (Å²) in [7, 11) is 0. The average Bonchev–Trinajstić information content (AvgIpc) is 2.05. The van der Waals surface area contributed by atoms with E-state index in [1.165, 1.54) is 19.3 Å². The van der Waals surface area contributed by atoms with Crippen molar-refractivity contribution in [2.45, 2.75) is 52.9 Å². The van der Waals surface area contributed by atoms with Crippen molar-refractivity contribution >= 4 is 6.29 Å². The molecule has 0 unspecified atom stereocenters. The van der Waals surface area contributed by atoms with E-state index in [1.807, 2.05) is 0 Å². The van der Waals surface area contributed by atoms with E-state index in [0.717, 1.165) is 19.1 Å². The quantitative estimate of drug-likeness (QED) is 0.426. The van der Waals surface area contributed by atoms with Crippen LogP contribution in [-0.2, 0) is 4.79 Å². The first kappa shape index (κ1) is 10.7. The van der Waals surface area contributed by atoms with Crippen LogP contribution >= 0.6 is 0 Å². The molecule has 1 nitrogen and oxygen atoms in total. The lowest BCUT2D eigenvalue weighted by molar-refractivity contribution is -0.108. The molecule has 66 valence electrons. The summed E-state index contributed by atoms with van der Waals surface area (Å²) in [5.41, 5.74) is 0.475. The monoisotopic (exact) mass is 156 g/mol. The van der Waals surface area contributed by atoms with Gasteiger partial charge in [-0.05, 0) is 18.3 Å². The molecule has 0 aliphatic rings. The van der Waals surface area contributed by atoms with Crippen LogP contribution in [0.1, 0.15) is 52.9 Å². The van der Waals surface area contributed by atoms with Gasteiger partial charge in [0.05, 0.1) is 0 Å². The minimum absolute atomic E-state index is 0.475. The molecule has 0 aromatic rings. The minimum atomic E-state index is 0.475. The summed E-state index contributed by atoms with van der Waals surface area (Å²) in [6.45, 7) is 6.76. The third kappa shape index (κ3) is 4.18. The lowest BCUT2D eigenvalue weighted by Crippen LogP contribution is -2.13. The van der Waals surface area contributed by atoms with Crippen LogP contribution < -0.4 is 0 Å². The van der Waals surface area contributed by atoms with Crippen molar-refractivity contribution in [2.24, 2.45) is 5.41 Å². The molecule has 0 amide bonds. The van der Waals surface area contributed by atoms with Gasteiger partial charge in [-0.25, -0.2) is 0 Å². The first-order valence-electron chi connectivity index (χ1n) is 4.62. The zero-order valence-electron chi connectivity index (χ0n) is 8.02. The number of carbonyl (C=O) groups excluding carboxylic acids is 1. The van der Waals surface area contributed by atoms with Gasteiger partial charge in [0.1, 0.15) is 6.29 Å². The van der Waals surface area contributed by atoms with Crippen LogP contribution in [0, 0.1) is 5.41 Å². The molecule has 0 spiro atoms. The van der Waals surface area contributed by atoms with E-state index in [2.05, 4.69) is 20.8 Å². The van der Waals surface area contributed by atoms with E-state index in [-0.39, 0.29) is 0 Å². The first-order chi connectivity index (χ1) is 5.18. The summed E-state index contributed by atoms with van der Waals surface area (Å²) >= 11 is 0. The van der Waals surface area contributed by atoms with Gasteiger partial charge in [0, 0.05) is 6.42 Å². The van der Waals surface area contributed by atoms with Gasteiger partial charge < -0.3 is 4.79 Å². The topological polar surface area (TPSA) is 17.1 Å². The summed E-state index contributed by atoms with van der Waals surface area (Å²) in [5, 5.41) is 0. The predicted molar refractivity (Wildman–Crippen MR) is 48.6 cm³/mol. The average molecular weight is 156 g/mol. The lowest BCUT2D eigenvalue weighted by atomic mass is 9.80. The number of aldehydes is 1. The standard InChI is InChI=1S/C10H20O/c1-4-10(3,5-2)8-6-7-9-11/h9H,4-8H2,1-3H3. The van der Waals surface area contributed by atoms with Crippen LogP contribution in [0.3, 0.4) is 0 Å². The fraction of sp³-hybridized carbons (Fsp3) is 0.900. The highest BCUT2D eigenvalue weighted by Crippen LogP contribution is 2.31. The molecule has 0 aliphatic carbocycles. The van der Waals surface area contributed by atoms with E-state index in [4.69, 9.17) is 0 Å². The third-order valence-corrected chi connectivity index (χ3v) is 2.81. The molecule has 0 bridgehead atoms. The maximum atomic E-state index is 10.1. The minimum Gasteiger partial charge on any atom is -0.303 e. The van der Waals surface area contributed by atoms with E-state index < -0.39 is 0 Å². The van der Waals surface area contributed by atoms with Crippen molar-refractivity contribution in [1.82, 2.24) is 0 Å². The van der Waals surface area contributed by atoms with E-state index in [1.54, 1.807) is 0 Å². The Balaban J connectivity index is 3.59. The molecule has 0 fully saturated rings. The Bertz CT molecular complexity index is 103. The second kappa shape index (κ2) is 5.34. The molecule has 1 heteroatoms. The summed E-state index contributed by atoms with van der Waals surface area (Å²) in [4.78, 5) is 10.1. The van der Waals surface area contributed by atoms with Gasteiger partial charge in [0.25, 0.3) is 0 Å². The van der Waals surface area contributed by atoms with Crippen molar-refractivity contribution in [3.63, 3.8) is 0 Å². The molecule has 0 saturated heterocycles. The second-order valence-corrected chi connectivity index (χ2v) is 3.58. The Hall–Kier alpha value is -0.330. The van der Waals surface area contributed by atoms with E-state index in [9.17, 15) is 4.79 Å².